The van der Waals surface area contributed by atoms with Gasteiger partial charge in [-0.3, -0.25) is 4.79 Å². The molecule has 1 atom stereocenters. The van der Waals surface area contributed by atoms with Crippen LogP contribution >= 0.6 is 11.6 Å². The third-order valence-corrected chi connectivity index (χ3v) is 6.33. The monoisotopic (exact) mass is 519 g/mol. The Balaban J connectivity index is 1.66. The molecule has 0 saturated heterocycles. The molecule has 0 aliphatic carbocycles. The van der Waals surface area contributed by atoms with E-state index in [0.29, 0.717) is 36.1 Å². The summed E-state index contributed by atoms with van der Waals surface area (Å²) in [6, 6.07) is 22.3. The fourth-order valence-corrected chi connectivity index (χ4v) is 4.14. The van der Waals surface area contributed by atoms with Gasteiger partial charge in [0.05, 0.1) is 11.2 Å². The van der Waals surface area contributed by atoms with Crippen LogP contribution in [0, 0.1) is 0 Å². The number of hydrogen-bond donors (Lipinski definition) is 1. The normalized spacial score (nSPS) is 11.7. The minimum atomic E-state index is -0.778. The van der Waals surface area contributed by atoms with E-state index < -0.39 is 12.2 Å². The first-order chi connectivity index (χ1) is 17.9. The molecule has 3 aromatic carbocycles. The van der Waals surface area contributed by atoms with Gasteiger partial charge in [0, 0.05) is 36.2 Å². The number of amides is 2. The summed E-state index contributed by atoms with van der Waals surface area (Å²) in [5.41, 5.74) is 2.38. The van der Waals surface area contributed by atoms with E-state index in [1.54, 1.807) is 30.0 Å². The molecule has 0 bridgehead atoms. The SMILES string of the molecule is CCN(CC)C(=O)Oc1ccc2c(ccn2Cc2ccc(Cl)cc2)c1NC(=O)[C@H](C)Oc1ccccc1. The third kappa shape index (κ3) is 6.24. The predicted octanol–water partition coefficient (Wildman–Crippen LogP) is 6.59. The molecule has 0 fully saturated rings. The molecule has 1 aromatic heterocycles. The number of nitrogens with zero attached hydrogens (tertiary/aromatic N) is 2. The Morgan fingerprint density at radius 2 is 1.68 bits per heavy atom. The summed E-state index contributed by atoms with van der Waals surface area (Å²) in [4.78, 5) is 27.5. The van der Waals surface area contributed by atoms with Crippen molar-refractivity contribution in [1.82, 2.24) is 9.47 Å². The van der Waals surface area contributed by atoms with Crippen molar-refractivity contribution in [1.29, 1.82) is 0 Å². The molecule has 7 nitrogen and oxygen atoms in total. The molecule has 0 aliphatic rings. The first-order valence-electron chi connectivity index (χ1n) is 12.2. The predicted molar refractivity (Wildman–Crippen MR) is 147 cm³/mol. The first kappa shape index (κ1) is 26.1. The van der Waals surface area contributed by atoms with E-state index in [4.69, 9.17) is 21.1 Å². The maximum absolute atomic E-state index is 13.2. The van der Waals surface area contributed by atoms with Crippen LogP contribution in [0.4, 0.5) is 10.5 Å². The quantitative estimate of drug-likeness (QED) is 0.271. The van der Waals surface area contributed by atoms with Gasteiger partial charge < -0.3 is 24.3 Å². The number of rotatable bonds is 9. The van der Waals surface area contributed by atoms with Gasteiger partial charge in [-0.1, -0.05) is 41.9 Å². The molecule has 1 N–H and O–H groups in total. The lowest BCUT2D eigenvalue weighted by Gasteiger charge is -2.21. The molecule has 0 unspecified atom stereocenters. The zero-order valence-electron chi connectivity index (χ0n) is 21.1. The number of carbonyl (C=O) groups is 2. The van der Waals surface area contributed by atoms with Crippen LogP contribution in [-0.2, 0) is 11.3 Å². The fourth-order valence-electron chi connectivity index (χ4n) is 4.01. The van der Waals surface area contributed by atoms with Gasteiger partial charge in [0.2, 0.25) is 0 Å². The largest absolute Gasteiger partial charge is 0.481 e. The van der Waals surface area contributed by atoms with Crippen molar-refractivity contribution in [2.75, 3.05) is 18.4 Å². The summed E-state index contributed by atoms with van der Waals surface area (Å²) < 4.78 is 13.6. The zero-order valence-corrected chi connectivity index (χ0v) is 21.9. The number of aromatic nitrogens is 1. The van der Waals surface area contributed by atoms with E-state index in [9.17, 15) is 9.59 Å². The summed E-state index contributed by atoms with van der Waals surface area (Å²) in [5, 5.41) is 4.38. The van der Waals surface area contributed by atoms with Crippen molar-refractivity contribution in [3.63, 3.8) is 0 Å². The second kappa shape index (κ2) is 11.8. The van der Waals surface area contributed by atoms with Crippen LogP contribution in [0.5, 0.6) is 11.5 Å². The second-order valence-corrected chi connectivity index (χ2v) is 8.98. The summed E-state index contributed by atoms with van der Waals surface area (Å²) in [6.07, 6.45) is 0.684. The summed E-state index contributed by atoms with van der Waals surface area (Å²) in [7, 11) is 0. The minimum Gasteiger partial charge on any atom is -0.481 e. The minimum absolute atomic E-state index is 0.272. The summed E-state index contributed by atoms with van der Waals surface area (Å²) in [5.74, 6) is 0.501. The van der Waals surface area contributed by atoms with Crippen molar-refractivity contribution in [2.45, 2.75) is 33.4 Å². The Morgan fingerprint density at radius 3 is 2.35 bits per heavy atom. The molecule has 4 aromatic rings. The smallest absolute Gasteiger partial charge is 0.415 e. The van der Waals surface area contributed by atoms with Crippen molar-refractivity contribution in [3.05, 3.63) is 89.6 Å². The molecular formula is C29H30ClN3O4. The highest BCUT2D eigenvalue weighted by Gasteiger charge is 2.22. The fraction of sp³-hybridized carbons (Fsp3) is 0.241. The molecule has 0 spiro atoms. The lowest BCUT2D eigenvalue weighted by Crippen LogP contribution is -2.34. The number of para-hydroxylation sites is 1. The van der Waals surface area contributed by atoms with Gasteiger partial charge in [-0.2, -0.15) is 0 Å². The number of anilines is 1. The van der Waals surface area contributed by atoms with Crippen LogP contribution in [0.2, 0.25) is 5.02 Å². The number of ether oxygens (including phenoxy) is 2. The lowest BCUT2D eigenvalue weighted by molar-refractivity contribution is -0.122. The van der Waals surface area contributed by atoms with Crippen molar-refractivity contribution >= 4 is 40.2 Å². The Hall–Kier alpha value is -3.97. The standard InChI is InChI=1S/C29H30ClN3O4/c1-4-32(5-2)29(35)37-26-16-15-25-24(17-18-33(25)19-21-11-13-22(30)14-12-21)27(26)31-28(34)20(3)36-23-9-7-6-8-10-23/h6-18,20H,4-5,19H2,1-3H3,(H,31,34)/t20-/m0/s1. The van der Waals surface area contributed by atoms with Gasteiger partial charge in [-0.05, 0) is 68.8 Å². The van der Waals surface area contributed by atoms with Gasteiger partial charge in [0.1, 0.15) is 5.75 Å². The number of hydrogen-bond acceptors (Lipinski definition) is 4. The third-order valence-electron chi connectivity index (χ3n) is 6.07. The van der Waals surface area contributed by atoms with E-state index in [0.717, 1.165) is 16.5 Å². The van der Waals surface area contributed by atoms with E-state index in [-0.39, 0.29) is 11.7 Å². The van der Waals surface area contributed by atoms with Crippen molar-refractivity contribution < 1.29 is 19.1 Å². The Kier molecular flexibility index (Phi) is 8.36. The van der Waals surface area contributed by atoms with Crippen LogP contribution in [0.1, 0.15) is 26.3 Å². The molecular weight excluding hydrogens is 490 g/mol. The number of fused-ring (bicyclic) bond motifs is 1. The molecule has 4 rings (SSSR count). The first-order valence-corrected chi connectivity index (χ1v) is 12.6. The van der Waals surface area contributed by atoms with E-state index >= 15 is 0 Å². The maximum Gasteiger partial charge on any atom is 0.415 e. The molecule has 8 heteroatoms. The highest BCUT2D eigenvalue weighted by atomic mass is 35.5. The van der Waals surface area contributed by atoms with Crippen molar-refractivity contribution in [3.8, 4) is 11.5 Å². The maximum atomic E-state index is 13.2. The Bertz CT molecular complexity index is 1370. The van der Waals surface area contributed by atoms with E-state index in [1.807, 2.05) is 74.6 Å². The van der Waals surface area contributed by atoms with Crippen molar-refractivity contribution in [2.24, 2.45) is 0 Å². The molecule has 0 aliphatic heterocycles. The molecule has 37 heavy (non-hydrogen) atoms. The molecule has 0 radical (unpaired) electrons. The lowest BCUT2D eigenvalue weighted by atomic mass is 10.1. The van der Waals surface area contributed by atoms with Gasteiger partial charge in [0.15, 0.2) is 11.9 Å². The zero-order chi connectivity index (χ0) is 26.4. The van der Waals surface area contributed by atoms with Gasteiger partial charge >= 0.3 is 6.09 Å². The molecule has 0 saturated carbocycles. The van der Waals surface area contributed by atoms with Gasteiger partial charge in [-0.25, -0.2) is 4.79 Å². The van der Waals surface area contributed by atoms with Crippen LogP contribution in [0.3, 0.4) is 0 Å². The van der Waals surface area contributed by atoms with Crippen LogP contribution < -0.4 is 14.8 Å². The number of halogens is 1. The molecule has 192 valence electrons. The average Bonchev–Trinajstić information content (AvgIpc) is 3.30. The highest BCUT2D eigenvalue weighted by molar-refractivity contribution is 6.30. The summed E-state index contributed by atoms with van der Waals surface area (Å²) >= 11 is 6.03. The molecule has 1 heterocycles. The Labute approximate surface area is 221 Å². The topological polar surface area (TPSA) is 72.8 Å². The van der Waals surface area contributed by atoms with Gasteiger partial charge in [0.25, 0.3) is 5.91 Å². The summed E-state index contributed by atoms with van der Waals surface area (Å²) in [6.45, 7) is 7.08. The Morgan fingerprint density at radius 1 is 0.973 bits per heavy atom. The van der Waals surface area contributed by atoms with E-state index in [1.165, 1.54) is 0 Å². The number of benzene rings is 3. The molecule has 2 amide bonds. The highest BCUT2D eigenvalue weighted by Crippen LogP contribution is 2.35. The van der Waals surface area contributed by atoms with Crippen LogP contribution in [0.15, 0.2) is 79.0 Å². The van der Waals surface area contributed by atoms with Gasteiger partial charge in [-0.15, -0.1) is 0 Å². The number of carbonyl (C=O) groups excluding carboxylic acids is 2. The average molecular weight is 520 g/mol. The number of nitrogens with one attached hydrogen (secondary N) is 1. The van der Waals surface area contributed by atoms with Crippen LogP contribution in [0.25, 0.3) is 10.9 Å². The van der Waals surface area contributed by atoms with E-state index in [2.05, 4.69) is 9.88 Å². The second-order valence-electron chi connectivity index (χ2n) is 8.54. The van der Waals surface area contributed by atoms with Crippen LogP contribution in [-0.4, -0.2) is 40.7 Å².